The Bertz CT molecular complexity index is 1200. The molecule has 3 rings (SSSR count). The molecule has 10 heteroatoms. The van der Waals surface area contributed by atoms with Crippen LogP contribution in [0.15, 0.2) is 78.9 Å². The molecule has 3 aromatic rings. The van der Waals surface area contributed by atoms with Gasteiger partial charge in [0.2, 0.25) is 0 Å². The summed E-state index contributed by atoms with van der Waals surface area (Å²) in [5.41, 5.74) is -3.66. The van der Waals surface area contributed by atoms with Gasteiger partial charge in [-0.3, -0.25) is 9.59 Å². The second kappa shape index (κ2) is 10.7. The molecule has 0 fully saturated rings. The van der Waals surface area contributed by atoms with Crippen LogP contribution in [0.4, 0.5) is 26.3 Å². The lowest BCUT2D eigenvalue weighted by molar-refractivity contribution is -0.153. The highest BCUT2D eigenvalue weighted by Crippen LogP contribution is 2.39. The maximum absolute atomic E-state index is 13.6. The Morgan fingerprint density at radius 2 is 1.22 bits per heavy atom. The van der Waals surface area contributed by atoms with Crippen LogP contribution in [0, 0.1) is 0 Å². The number of carbonyl (C=O) groups is 2. The standard InChI is InChI=1S/C27H23F6NO3/c1-17(37-18(2)35)24(36)34-25(16-19-8-4-3-5-9-19,20-10-6-12-22(14-20)26(28,29)30)21-11-7-13-23(15-21)27(31,32)33/h3-15,17H,16H2,1-2H3,(H,34,36)/t17-/m0/s1. The van der Waals surface area contributed by atoms with E-state index in [1.54, 1.807) is 30.3 Å². The van der Waals surface area contributed by atoms with Crippen molar-refractivity contribution < 1.29 is 40.7 Å². The van der Waals surface area contributed by atoms with Gasteiger partial charge in [0.05, 0.1) is 16.7 Å². The maximum atomic E-state index is 13.6. The summed E-state index contributed by atoms with van der Waals surface area (Å²) in [6.07, 6.45) is -11.1. The molecule has 0 radical (unpaired) electrons. The SMILES string of the molecule is CC(=O)O[C@@H](C)C(=O)NC(Cc1ccccc1)(c1cccc(C(F)(F)F)c1)c1cccc(C(F)(F)F)c1. The van der Waals surface area contributed by atoms with Crippen LogP contribution in [-0.4, -0.2) is 18.0 Å². The predicted octanol–water partition coefficient (Wildman–Crippen LogP) is 6.28. The van der Waals surface area contributed by atoms with E-state index in [2.05, 4.69) is 5.32 Å². The van der Waals surface area contributed by atoms with Gasteiger partial charge < -0.3 is 10.1 Å². The number of nitrogens with one attached hydrogen (secondary N) is 1. The molecule has 0 bridgehead atoms. The van der Waals surface area contributed by atoms with Gasteiger partial charge in [-0.05, 0) is 47.9 Å². The van der Waals surface area contributed by atoms with Gasteiger partial charge in [0, 0.05) is 13.3 Å². The van der Waals surface area contributed by atoms with Gasteiger partial charge in [0.15, 0.2) is 6.10 Å². The summed E-state index contributed by atoms with van der Waals surface area (Å²) in [4.78, 5) is 24.6. The van der Waals surface area contributed by atoms with Crippen molar-refractivity contribution in [3.05, 3.63) is 107 Å². The number of rotatable bonds is 7. The fourth-order valence-electron chi connectivity index (χ4n) is 4.00. The molecule has 37 heavy (non-hydrogen) atoms. The molecule has 0 heterocycles. The molecule has 4 nitrogen and oxygen atoms in total. The lowest BCUT2D eigenvalue weighted by atomic mass is 9.76. The summed E-state index contributed by atoms with van der Waals surface area (Å²) in [5, 5.41) is 2.62. The van der Waals surface area contributed by atoms with E-state index >= 15 is 0 Å². The monoisotopic (exact) mass is 523 g/mol. The highest BCUT2D eigenvalue weighted by atomic mass is 19.4. The van der Waals surface area contributed by atoms with Gasteiger partial charge >= 0.3 is 18.3 Å². The van der Waals surface area contributed by atoms with Crippen molar-refractivity contribution in [2.75, 3.05) is 0 Å². The van der Waals surface area contributed by atoms with Gasteiger partial charge in [0.1, 0.15) is 0 Å². The third-order valence-electron chi connectivity index (χ3n) is 5.73. The molecular formula is C27H23F6NO3. The topological polar surface area (TPSA) is 55.4 Å². The van der Waals surface area contributed by atoms with E-state index in [0.717, 1.165) is 43.3 Å². The van der Waals surface area contributed by atoms with Crippen molar-refractivity contribution >= 4 is 11.9 Å². The molecule has 3 aromatic carbocycles. The van der Waals surface area contributed by atoms with Crippen LogP contribution in [0.1, 0.15) is 41.7 Å². The molecule has 0 aliphatic rings. The molecule has 0 spiro atoms. The van der Waals surface area contributed by atoms with Crippen LogP contribution in [0.25, 0.3) is 0 Å². The highest BCUT2D eigenvalue weighted by Gasteiger charge is 2.41. The van der Waals surface area contributed by atoms with Crippen molar-refractivity contribution in [3.8, 4) is 0 Å². The molecule has 0 aromatic heterocycles. The number of halogens is 6. The molecule has 0 saturated carbocycles. The predicted molar refractivity (Wildman–Crippen MR) is 123 cm³/mol. The van der Waals surface area contributed by atoms with Crippen LogP contribution in [-0.2, 0) is 38.6 Å². The fourth-order valence-corrected chi connectivity index (χ4v) is 4.00. The van der Waals surface area contributed by atoms with E-state index in [1.165, 1.54) is 19.1 Å². The van der Waals surface area contributed by atoms with Gasteiger partial charge in [-0.2, -0.15) is 26.3 Å². The highest BCUT2D eigenvalue weighted by molar-refractivity contribution is 5.84. The van der Waals surface area contributed by atoms with E-state index in [0.29, 0.717) is 5.56 Å². The Hall–Kier alpha value is -3.82. The molecular weight excluding hydrogens is 500 g/mol. The summed E-state index contributed by atoms with van der Waals surface area (Å²) in [6, 6.07) is 16.4. The Morgan fingerprint density at radius 3 is 1.65 bits per heavy atom. The molecule has 196 valence electrons. The van der Waals surface area contributed by atoms with E-state index in [4.69, 9.17) is 4.74 Å². The molecule has 0 aliphatic carbocycles. The molecule has 0 saturated heterocycles. The Labute approximate surface area is 209 Å². The zero-order valence-electron chi connectivity index (χ0n) is 19.8. The van der Waals surface area contributed by atoms with E-state index in [9.17, 15) is 35.9 Å². The number of carbonyl (C=O) groups excluding carboxylic acids is 2. The first-order chi connectivity index (χ1) is 17.2. The number of ether oxygens (including phenoxy) is 1. The Balaban J connectivity index is 2.32. The third-order valence-corrected chi connectivity index (χ3v) is 5.73. The molecule has 1 N–H and O–H groups in total. The number of benzene rings is 3. The average molecular weight is 523 g/mol. The second-order valence-corrected chi connectivity index (χ2v) is 8.47. The molecule has 1 atom stereocenters. The van der Waals surface area contributed by atoms with Crippen molar-refractivity contribution in [2.45, 2.75) is 44.3 Å². The Morgan fingerprint density at radius 1 is 0.757 bits per heavy atom. The number of hydrogen-bond donors (Lipinski definition) is 1. The fraction of sp³-hybridized carbons (Fsp3) is 0.259. The minimum atomic E-state index is -4.75. The van der Waals surface area contributed by atoms with Crippen LogP contribution in [0.5, 0.6) is 0 Å². The number of esters is 1. The normalized spacial score (nSPS) is 13.1. The van der Waals surface area contributed by atoms with E-state index in [-0.39, 0.29) is 17.5 Å². The zero-order valence-corrected chi connectivity index (χ0v) is 19.8. The quantitative estimate of drug-likeness (QED) is 0.293. The van der Waals surface area contributed by atoms with Crippen LogP contribution in [0.2, 0.25) is 0 Å². The molecule has 0 unspecified atom stereocenters. The van der Waals surface area contributed by atoms with Gasteiger partial charge in [-0.25, -0.2) is 0 Å². The van der Waals surface area contributed by atoms with Crippen LogP contribution in [0.3, 0.4) is 0 Å². The number of hydrogen-bond acceptors (Lipinski definition) is 3. The van der Waals surface area contributed by atoms with Crippen LogP contribution < -0.4 is 5.32 Å². The van der Waals surface area contributed by atoms with Crippen LogP contribution >= 0.6 is 0 Å². The molecule has 0 aliphatic heterocycles. The third kappa shape index (κ3) is 6.69. The van der Waals surface area contributed by atoms with Gasteiger partial charge in [-0.1, -0.05) is 54.6 Å². The first kappa shape index (κ1) is 27.8. The van der Waals surface area contributed by atoms with E-state index < -0.39 is 47.0 Å². The summed E-state index contributed by atoms with van der Waals surface area (Å²) in [7, 11) is 0. The lowest BCUT2D eigenvalue weighted by Gasteiger charge is -2.38. The van der Waals surface area contributed by atoms with Crippen molar-refractivity contribution in [1.82, 2.24) is 5.32 Å². The van der Waals surface area contributed by atoms with Crippen molar-refractivity contribution in [1.29, 1.82) is 0 Å². The largest absolute Gasteiger partial charge is 0.453 e. The van der Waals surface area contributed by atoms with Crippen molar-refractivity contribution in [3.63, 3.8) is 0 Å². The first-order valence-corrected chi connectivity index (χ1v) is 11.1. The zero-order chi connectivity index (χ0) is 27.4. The number of alkyl halides is 6. The summed E-state index contributed by atoms with van der Waals surface area (Å²) in [5.74, 6) is -1.68. The Kier molecular flexibility index (Phi) is 8.00. The number of amides is 1. The lowest BCUT2D eigenvalue weighted by Crippen LogP contribution is -2.52. The van der Waals surface area contributed by atoms with Crippen molar-refractivity contribution in [2.24, 2.45) is 0 Å². The van der Waals surface area contributed by atoms with E-state index in [1.807, 2.05) is 0 Å². The molecule has 1 amide bonds. The second-order valence-electron chi connectivity index (χ2n) is 8.47. The minimum absolute atomic E-state index is 0.103. The summed E-state index contributed by atoms with van der Waals surface area (Å²) < 4.78 is 86.8. The average Bonchev–Trinajstić information content (AvgIpc) is 2.83. The first-order valence-electron chi connectivity index (χ1n) is 11.1. The minimum Gasteiger partial charge on any atom is -0.453 e. The smallest absolute Gasteiger partial charge is 0.416 e. The summed E-state index contributed by atoms with van der Waals surface area (Å²) >= 11 is 0. The maximum Gasteiger partial charge on any atom is 0.416 e. The summed E-state index contributed by atoms with van der Waals surface area (Å²) in [6.45, 7) is 2.32. The van der Waals surface area contributed by atoms with Gasteiger partial charge in [-0.15, -0.1) is 0 Å². The van der Waals surface area contributed by atoms with Gasteiger partial charge in [0.25, 0.3) is 5.91 Å².